The van der Waals surface area contributed by atoms with Crippen molar-refractivity contribution >= 4 is 0 Å². The molecule has 3 N–H and O–H groups in total. The molecule has 3 heteroatoms. The molecule has 2 nitrogen and oxygen atoms in total. The number of halogens is 1. The topological polar surface area (TPSA) is 46.2 Å². The van der Waals surface area contributed by atoms with Gasteiger partial charge in [-0.05, 0) is 36.6 Å². The predicted molar refractivity (Wildman–Crippen MR) is 54.4 cm³/mol. The van der Waals surface area contributed by atoms with Gasteiger partial charge in [-0.15, -0.1) is 0 Å². The number of benzene rings is 1. The van der Waals surface area contributed by atoms with Crippen molar-refractivity contribution in [2.45, 2.75) is 25.9 Å². The van der Waals surface area contributed by atoms with Gasteiger partial charge in [0.15, 0.2) is 0 Å². The number of aryl methyl sites for hydroxylation is 1. The molecule has 78 valence electrons. The van der Waals surface area contributed by atoms with Crippen LogP contribution in [0.15, 0.2) is 18.2 Å². The molecule has 0 saturated heterocycles. The first-order chi connectivity index (χ1) is 6.51. The fraction of sp³-hybridized carbons (Fsp3) is 0.455. The van der Waals surface area contributed by atoms with Gasteiger partial charge >= 0.3 is 0 Å². The van der Waals surface area contributed by atoms with E-state index in [4.69, 9.17) is 5.73 Å². The van der Waals surface area contributed by atoms with Crippen LogP contribution in [0.2, 0.25) is 0 Å². The zero-order valence-corrected chi connectivity index (χ0v) is 8.55. The Hall–Kier alpha value is -0.930. The Morgan fingerprint density at radius 3 is 2.50 bits per heavy atom. The van der Waals surface area contributed by atoms with E-state index in [1.807, 2.05) is 6.92 Å². The number of hydrogen-bond acceptors (Lipinski definition) is 2. The molecule has 1 unspecified atom stereocenters. The van der Waals surface area contributed by atoms with Crippen molar-refractivity contribution in [3.8, 4) is 0 Å². The van der Waals surface area contributed by atoms with Crippen molar-refractivity contribution in [3.05, 3.63) is 35.1 Å². The summed E-state index contributed by atoms with van der Waals surface area (Å²) in [5, 5.41) is 10.1. The van der Waals surface area contributed by atoms with Crippen LogP contribution in [0.4, 0.5) is 4.39 Å². The maximum atomic E-state index is 13.1. The summed E-state index contributed by atoms with van der Waals surface area (Å²) in [6.45, 7) is 3.72. The molecule has 0 aliphatic rings. The van der Waals surface area contributed by atoms with Crippen LogP contribution in [0.1, 0.15) is 24.5 Å². The van der Waals surface area contributed by atoms with Crippen LogP contribution in [-0.4, -0.2) is 11.7 Å². The van der Waals surface area contributed by atoms with Crippen LogP contribution in [-0.2, 0) is 5.60 Å². The zero-order valence-electron chi connectivity index (χ0n) is 8.55. The third-order valence-corrected chi connectivity index (χ3v) is 2.50. The number of nitrogens with two attached hydrogens (primary N) is 1. The van der Waals surface area contributed by atoms with Crippen molar-refractivity contribution in [2.75, 3.05) is 6.54 Å². The summed E-state index contributed by atoms with van der Waals surface area (Å²) >= 11 is 0. The minimum atomic E-state index is -1.10. The molecule has 0 aliphatic heterocycles. The van der Waals surface area contributed by atoms with E-state index in [9.17, 15) is 9.50 Å². The first kappa shape index (κ1) is 11.1. The molecular formula is C11H16FNO. The SMILES string of the molecule is CCC(O)(CN)c1cc(C)cc(F)c1. The molecule has 0 saturated carbocycles. The third-order valence-electron chi connectivity index (χ3n) is 2.50. The lowest BCUT2D eigenvalue weighted by molar-refractivity contribution is 0.0415. The largest absolute Gasteiger partial charge is 0.384 e. The van der Waals surface area contributed by atoms with Crippen LogP contribution in [0.3, 0.4) is 0 Å². The molecule has 0 amide bonds. The average molecular weight is 197 g/mol. The van der Waals surface area contributed by atoms with Gasteiger partial charge in [0.25, 0.3) is 0 Å². The van der Waals surface area contributed by atoms with Gasteiger partial charge in [0.05, 0.1) is 0 Å². The van der Waals surface area contributed by atoms with Crippen LogP contribution < -0.4 is 5.73 Å². The number of hydrogen-bond donors (Lipinski definition) is 2. The van der Waals surface area contributed by atoms with Crippen LogP contribution in [0.25, 0.3) is 0 Å². The fourth-order valence-corrected chi connectivity index (χ4v) is 1.47. The average Bonchev–Trinajstić information content (AvgIpc) is 2.15. The Morgan fingerprint density at radius 1 is 1.43 bits per heavy atom. The normalized spacial score (nSPS) is 15.2. The van der Waals surface area contributed by atoms with E-state index in [0.29, 0.717) is 12.0 Å². The molecule has 0 radical (unpaired) electrons. The minimum Gasteiger partial charge on any atom is -0.384 e. The van der Waals surface area contributed by atoms with Crippen molar-refractivity contribution < 1.29 is 9.50 Å². The van der Waals surface area contributed by atoms with Gasteiger partial charge in [-0.2, -0.15) is 0 Å². The fourth-order valence-electron chi connectivity index (χ4n) is 1.47. The van der Waals surface area contributed by atoms with E-state index in [1.54, 1.807) is 13.0 Å². The van der Waals surface area contributed by atoms with Crippen molar-refractivity contribution in [2.24, 2.45) is 5.73 Å². The van der Waals surface area contributed by atoms with E-state index in [1.165, 1.54) is 12.1 Å². The molecule has 0 bridgehead atoms. The Morgan fingerprint density at radius 2 is 2.07 bits per heavy atom. The van der Waals surface area contributed by atoms with Gasteiger partial charge in [0, 0.05) is 6.54 Å². The van der Waals surface area contributed by atoms with Gasteiger partial charge in [0.2, 0.25) is 0 Å². The Bertz CT molecular complexity index is 301. The smallest absolute Gasteiger partial charge is 0.123 e. The lowest BCUT2D eigenvalue weighted by atomic mass is 9.90. The Kier molecular flexibility index (Phi) is 3.24. The molecule has 1 aromatic carbocycles. The summed E-state index contributed by atoms with van der Waals surface area (Å²) in [5.41, 5.74) is 5.72. The quantitative estimate of drug-likeness (QED) is 0.774. The number of aliphatic hydroxyl groups is 1. The zero-order chi connectivity index (χ0) is 10.8. The molecule has 0 spiro atoms. The monoisotopic (exact) mass is 197 g/mol. The molecule has 1 aromatic rings. The van der Waals surface area contributed by atoms with Crippen LogP contribution >= 0.6 is 0 Å². The molecule has 1 rings (SSSR count). The van der Waals surface area contributed by atoms with Gasteiger partial charge in [-0.25, -0.2) is 4.39 Å². The summed E-state index contributed by atoms with van der Waals surface area (Å²) in [6, 6.07) is 4.53. The molecule has 14 heavy (non-hydrogen) atoms. The van der Waals surface area contributed by atoms with Crippen molar-refractivity contribution in [3.63, 3.8) is 0 Å². The molecule has 0 heterocycles. The second-order valence-electron chi connectivity index (χ2n) is 3.61. The standard InChI is InChI=1S/C11H16FNO/c1-3-11(14,7-13)9-4-8(2)5-10(12)6-9/h4-6,14H,3,7,13H2,1-2H3. The summed E-state index contributed by atoms with van der Waals surface area (Å²) in [5.74, 6) is -0.333. The highest BCUT2D eigenvalue weighted by atomic mass is 19.1. The maximum absolute atomic E-state index is 13.1. The summed E-state index contributed by atoms with van der Waals surface area (Å²) in [6.07, 6.45) is 0.479. The van der Waals surface area contributed by atoms with Crippen molar-refractivity contribution in [1.82, 2.24) is 0 Å². The highest BCUT2D eigenvalue weighted by Gasteiger charge is 2.25. The second kappa shape index (κ2) is 4.07. The van der Waals surface area contributed by atoms with Crippen LogP contribution in [0, 0.1) is 12.7 Å². The molecular weight excluding hydrogens is 181 g/mol. The van der Waals surface area contributed by atoms with E-state index in [2.05, 4.69) is 0 Å². The highest BCUT2D eigenvalue weighted by molar-refractivity contribution is 5.28. The highest BCUT2D eigenvalue weighted by Crippen LogP contribution is 2.25. The first-order valence-electron chi connectivity index (χ1n) is 4.72. The third kappa shape index (κ3) is 2.11. The minimum absolute atomic E-state index is 0.104. The number of rotatable bonds is 3. The van der Waals surface area contributed by atoms with Gasteiger partial charge in [-0.3, -0.25) is 0 Å². The molecule has 0 aromatic heterocycles. The maximum Gasteiger partial charge on any atom is 0.123 e. The lowest BCUT2D eigenvalue weighted by Gasteiger charge is -2.25. The second-order valence-corrected chi connectivity index (χ2v) is 3.61. The first-order valence-corrected chi connectivity index (χ1v) is 4.72. The summed E-state index contributed by atoms with van der Waals surface area (Å²) in [7, 11) is 0. The van der Waals surface area contributed by atoms with Crippen molar-refractivity contribution in [1.29, 1.82) is 0 Å². The van der Waals surface area contributed by atoms with E-state index in [-0.39, 0.29) is 12.4 Å². The summed E-state index contributed by atoms with van der Waals surface area (Å²) in [4.78, 5) is 0. The van der Waals surface area contributed by atoms with Gasteiger partial charge in [-0.1, -0.05) is 13.0 Å². The molecule has 0 fully saturated rings. The van der Waals surface area contributed by atoms with E-state index in [0.717, 1.165) is 5.56 Å². The van der Waals surface area contributed by atoms with E-state index >= 15 is 0 Å². The summed E-state index contributed by atoms with van der Waals surface area (Å²) < 4.78 is 13.1. The van der Waals surface area contributed by atoms with Crippen LogP contribution in [0.5, 0.6) is 0 Å². The van der Waals surface area contributed by atoms with Gasteiger partial charge < -0.3 is 10.8 Å². The predicted octanol–water partition coefficient (Wildman–Crippen LogP) is 1.69. The van der Waals surface area contributed by atoms with Gasteiger partial charge in [0.1, 0.15) is 11.4 Å². The molecule has 0 aliphatic carbocycles. The molecule has 1 atom stereocenters. The lowest BCUT2D eigenvalue weighted by Crippen LogP contribution is -2.34. The Balaban J connectivity index is 3.17. The van der Waals surface area contributed by atoms with E-state index < -0.39 is 5.60 Å². The Labute approximate surface area is 83.6 Å².